The zero-order valence-electron chi connectivity index (χ0n) is 23.0. The maximum atomic E-state index is 14.1. The Morgan fingerprint density at radius 1 is 1.07 bits per heavy atom. The van der Waals surface area contributed by atoms with Crippen LogP contribution in [-0.4, -0.2) is 43.3 Å². The molecule has 214 valence electrons. The Labute approximate surface area is 244 Å². The minimum Gasteiger partial charge on any atom is -0.502 e. The molecule has 1 aromatic heterocycles. The highest BCUT2D eigenvalue weighted by Gasteiger charge is 2.36. The first kappa shape index (κ1) is 27.2. The third-order valence-electron chi connectivity index (χ3n) is 6.89. The van der Waals surface area contributed by atoms with E-state index in [0.29, 0.717) is 43.2 Å². The molecule has 11 heteroatoms. The van der Waals surface area contributed by atoms with Gasteiger partial charge in [-0.05, 0) is 48.4 Å². The number of phenols is 1. The van der Waals surface area contributed by atoms with E-state index in [1.165, 1.54) is 30.1 Å². The molecule has 0 radical (unpaired) electrons. The molecular weight excluding hydrogens is 560 g/mol. The number of thiazole rings is 1. The molecule has 4 aromatic rings. The number of fused-ring (bicyclic) bond motifs is 2. The van der Waals surface area contributed by atoms with Gasteiger partial charge in [-0.2, -0.15) is 0 Å². The van der Waals surface area contributed by atoms with E-state index in [1.807, 2.05) is 30.3 Å². The number of aromatic hydroxyl groups is 1. The second-order valence-electron chi connectivity index (χ2n) is 9.32. The molecule has 1 N–H and O–H groups in total. The second kappa shape index (κ2) is 11.1. The lowest BCUT2D eigenvalue weighted by Gasteiger charge is -2.26. The van der Waals surface area contributed by atoms with Crippen LogP contribution in [0.15, 0.2) is 76.0 Å². The average Bonchev–Trinajstić information content (AvgIpc) is 3.61. The predicted molar refractivity (Wildman–Crippen MR) is 155 cm³/mol. The Hall–Kier alpha value is -5.03. The fourth-order valence-electron chi connectivity index (χ4n) is 4.99. The van der Waals surface area contributed by atoms with Gasteiger partial charge in [0.1, 0.15) is 0 Å². The normalized spacial score (nSPS) is 15.7. The third-order valence-corrected chi connectivity index (χ3v) is 7.87. The van der Waals surface area contributed by atoms with E-state index in [4.69, 9.17) is 28.7 Å². The van der Waals surface area contributed by atoms with Gasteiger partial charge >= 0.3 is 5.97 Å². The smallest absolute Gasteiger partial charge is 0.338 e. The molecule has 0 bridgehead atoms. The number of rotatable bonds is 7. The van der Waals surface area contributed by atoms with Crippen LogP contribution in [0.25, 0.3) is 11.8 Å². The van der Waals surface area contributed by atoms with Crippen LogP contribution in [-0.2, 0) is 9.53 Å². The van der Waals surface area contributed by atoms with Gasteiger partial charge in [-0.1, -0.05) is 47.7 Å². The number of methoxy groups -OCH3 is 2. The highest BCUT2D eigenvalue weighted by Crippen LogP contribution is 2.40. The summed E-state index contributed by atoms with van der Waals surface area (Å²) in [6.45, 7) is 1.95. The Balaban J connectivity index is 1.63. The van der Waals surface area contributed by atoms with Crippen molar-refractivity contribution >= 4 is 29.1 Å². The third kappa shape index (κ3) is 4.67. The van der Waals surface area contributed by atoms with Gasteiger partial charge in [-0.15, -0.1) is 0 Å². The van der Waals surface area contributed by atoms with Crippen molar-refractivity contribution < 1.29 is 33.6 Å². The molecule has 42 heavy (non-hydrogen) atoms. The number of esters is 1. The lowest BCUT2D eigenvalue weighted by atomic mass is 9.93. The van der Waals surface area contributed by atoms with Crippen molar-refractivity contribution in [2.45, 2.75) is 13.0 Å². The summed E-state index contributed by atoms with van der Waals surface area (Å²) in [5, 5.41) is 10.3. The zero-order valence-corrected chi connectivity index (χ0v) is 23.8. The summed E-state index contributed by atoms with van der Waals surface area (Å²) in [6.07, 6.45) is 1.67. The lowest BCUT2D eigenvalue weighted by molar-refractivity contribution is -0.138. The van der Waals surface area contributed by atoms with Crippen molar-refractivity contribution in [2.75, 3.05) is 27.6 Å². The first-order valence-electron chi connectivity index (χ1n) is 13.1. The average molecular weight is 587 g/mol. The molecule has 2 aliphatic rings. The first-order chi connectivity index (χ1) is 20.4. The minimum absolute atomic E-state index is 0.0803. The van der Waals surface area contributed by atoms with Gasteiger partial charge in [0, 0.05) is 5.56 Å². The summed E-state index contributed by atoms with van der Waals surface area (Å²) in [5.41, 5.74) is 2.19. The van der Waals surface area contributed by atoms with E-state index in [2.05, 4.69) is 0 Å². The monoisotopic (exact) mass is 586 g/mol. The highest BCUT2D eigenvalue weighted by atomic mass is 32.1. The van der Waals surface area contributed by atoms with Crippen LogP contribution < -0.4 is 33.8 Å². The van der Waals surface area contributed by atoms with Crippen molar-refractivity contribution in [2.24, 2.45) is 4.99 Å². The SMILES string of the molecule is CCOC(=O)C1=C(c2ccccc2)N=c2s/c(=C\c3cc(OC)c(O)c(OC)c3)c(=O)n2[C@H]1c1ccc2c(c1)OCO2. The molecule has 0 amide bonds. The fourth-order valence-corrected chi connectivity index (χ4v) is 5.99. The summed E-state index contributed by atoms with van der Waals surface area (Å²) < 4.78 is 29.1. The largest absolute Gasteiger partial charge is 0.502 e. The molecule has 3 heterocycles. The minimum atomic E-state index is -0.865. The number of ether oxygens (including phenoxy) is 5. The van der Waals surface area contributed by atoms with Crippen LogP contribution in [0.3, 0.4) is 0 Å². The molecule has 0 fully saturated rings. The van der Waals surface area contributed by atoms with E-state index in [9.17, 15) is 14.7 Å². The molecule has 0 saturated carbocycles. The summed E-state index contributed by atoms with van der Waals surface area (Å²) in [7, 11) is 2.86. The van der Waals surface area contributed by atoms with Gasteiger partial charge in [0.25, 0.3) is 5.56 Å². The maximum absolute atomic E-state index is 14.1. The molecule has 0 spiro atoms. The topological polar surface area (TPSA) is 118 Å². The highest BCUT2D eigenvalue weighted by molar-refractivity contribution is 7.07. The molecule has 0 aliphatic carbocycles. The first-order valence-corrected chi connectivity index (χ1v) is 13.9. The van der Waals surface area contributed by atoms with Gasteiger partial charge in [0.2, 0.25) is 12.5 Å². The van der Waals surface area contributed by atoms with Gasteiger partial charge < -0.3 is 28.8 Å². The van der Waals surface area contributed by atoms with E-state index in [1.54, 1.807) is 43.3 Å². The number of hydrogen-bond acceptors (Lipinski definition) is 10. The summed E-state index contributed by atoms with van der Waals surface area (Å²) in [4.78, 5) is 33.0. The lowest BCUT2D eigenvalue weighted by Crippen LogP contribution is -2.40. The molecule has 2 aliphatic heterocycles. The van der Waals surface area contributed by atoms with Gasteiger partial charge in [0.05, 0.1) is 42.7 Å². The van der Waals surface area contributed by atoms with Gasteiger partial charge in [-0.3, -0.25) is 9.36 Å². The van der Waals surface area contributed by atoms with E-state index >= 15 is 0 Å². The van der Waals surface area contributed by atoms with Crippen molar-refractivity contribution in [3.8, 4) is 28.7 Å². The predicted octanol–water partition coefficient (Wildman–Crippen LogP) is 3.39. The van der Waals surface area contributed by atoms with Crippen LogP contribution in [0.5, 0.6) is 28.7 Å². The molecule has 6 rings (SSSR count). The number of aromatic nitrogens is 1. The molecule has 10 nitrogen and oxygen atoms in total. The summed E-state index contributed by atoms with van der Waals surface area (Å²) >= 11 is 1.18. The Morgan fingerprint density at radius 2 is 1.79 bits per heavy atom. The van der Waals surface area contributed by atoms with Crippen molar-refractivity contribution in [1.29, 1.82) is 0 Å². The maximum Gasteiger partial charge on any atom is 0.338 e. The number of nitrogens with zero attached hydrogens (tertiary/aromatic N) is 2. The molecule has 0 saturated heterocycles. The van der Waals surface area contributed by atoms with Crippen LogP contribution in [0.1, 0.15) is 29.7 Å². The van der Waals surface area contributed by atoms with Crippen LogP contribution in [0, 0.1) is 0 Å². The quantitative estimate of drug-likeness (QED) is 0.328. The second-order valence-corrected chi connectivity index (χ2v) is 10.3. The number of benzene rings is 3. The van der Waals surface area contributed by atoms with E-state index in [-0.39, 0.29) is 41.8 Å². The molecule has 3 aromatic carbocycles. The van der Waals surface area contributed by atoms with Gasteiger partial charge in [-0.25, -0.2) is 9.79 Å². The van der Waals surface area contributed by atoms with Crippen LogP contribution in [0.2, 0.25) is 0 Å². The number of carbonyl (C=O) groups is 1. The number of hydrogen-bond donors (Lipinski definition) is 1. The number of phenolic OH excluding ortho intramolecular Hbond substituents is 1. The van der Waals surface area contributed by atoms with Crippen LogP contribution in [0.4, 0.5) is 0 Å². The molecule has 0 unspecified atom stereocenters. The summed E-state index contributed by atoms with van der Waals surface area (Å²) in [6, 6.07) is 17.0. The van der Waals surface area contributed by atoms with Gasteiger partial charge in [0.15, 0.2) is 27.8 Å². The van der Waals surface area contributed by atoms with E-state index in [0.717, 1.165) is 0 Å². The van der Waals surface area contributed by atoms with E-state index < -0.39 is 12.0 Å². The number of carbonyl (C=O) groups excluding carboxylic acids is 1. The van der Waals surface area contributed by atoms with Crippen LogP contribution >= 0.6 is 11.3 Å². The standard InChI is InChI=1S/C31H26N2O8S/c1-4-39-30(36)25-26(18-8-6-5-7-9-18)32-31-33(27(25)19-10-11-20-21(15-19)41-16-40-20)29(35)24(42-31)14-17-12-22(37-2)28(34)23(13-17)38-3/h5-15,27,34H,4,16H2,1-3H3/b24-14-/t27-/m0/s1. The molecule has 1 atom stereocenters. The zero-order chi connectivity index (χ0) is 29.4. The summed E-state index contributed by atoms with van der Waals surface area (Å²) in [5.74, 6) is 0.758. The van der Waals surface area contributed by atoms with Crippen molar-refractivity contribution in [3.63, 3.8) is 0 Å². The Kier molecular flexibility index (Phi) is 7.17. The van der Waals surface area contributed by atoms with Crippen molar-refractivity contribution in [3.05, 3.63) is 103 Å². The van der Waals surface area contributed by atoms with Crippen molar-refractivity contribution in [1.82, 2.24) is 4.57 Å². The fraction of sp³-hybridized carbons (Fsp3) is 0.194. The Bertz CT molecular complexity index is 1880. The Morgan fingerprint density at radius 3 is 2.48 bits per heavy atom. The molecular formula is C31H26N2O8S.